The van der Waals surface area contributed by atoms with Crippen LogP contribution in [0.5, 0.6) is 0 Å². The zero-order chi connectivity index (χ0) is 8.41. The van der Waals surface area contributed by atoms with Crippen LogP contribution in [0.4, 0.5) is 0 Å². The van der Waals surface area contributed by atoms with E-state index in [4.69, 9.17) is 0 Å². The quantitative estimate of drug-likeness (QED) is 0.550. The molecule has 0 atom stereocenters. The molecular weight excluding hydrogens is 140 g/mol. The molecule has 0 bridgehead atoms. The summed E-state index contributed by atoms with van der Waals surface area (Å²) in [5, 5.41) is 0. The van der Waals surface area contributed by atoms with E-state index in [1.165, 1.54) is 11.3 Å². The maximum absolute atomic E-state index is 3.56. The molecule has 0 nitrogen and oxygen atoms in total. The molecule has 0 aromatic rings. The molecule has 0 rings (SSSR count). The Bertz CT molecular complexity index is 92.9. The Hall–Kier alpha value is -0.170. The van der Waals surface area contributed by atoms with E-state index < -0.39 is 0 Å². The lowest BCUT2D eigenvalue weighted by atomic mass is 10.5. The zero-order valence-corrected chi connectivity index (χ0v) is 8.29. The second-order valence-electron chi connectivity index (χ2n) is 1.92. The molecule has 0 amide bonds. The highest BCUT2D eigenvalue weighted by atomic mass is 32.2. The van der Waals surface area contributed by atoms with Crippen LogP contribution in [0, 0.1) is 0 Å². The monoisotopic (exact) mass is 158 g/mol. The third-order valence-electron chi connectivity index (χ3n) is 0.675. The van der Waals surface area contributed by atoms with E-state index in [2.05, 4.69) is 33.6 Å². The van der Waals surface area contributed by atoms with Crippen molar-refractivity contribution in [2.45, 2.75) is 27.2 Å². The van der Waals surface area contributed by atoms with Crippen LogP contribution in [0.1, 0.15) is 27.2 Å². The van der Waals surface area contributed by atoms with Crippen LogP contribution in [0.3, 0.4) is 0 Å². The number of hydrogen-bond donors (Lipinski definition) is 0. The fourth-order valence-corrected chi connectivity index (χ4v) is 0.466. The molecule has 60 valence electrons. The van der Waals surface area contributed by atoms with Gasteiger partial charge in [0.1, 0.15) is 0 Å². The van der Waals surface area contributed by atoms with Crippen molar-refractivity contribution >= 4 is 11.8 Å². The number of hydrogen-bond acceptors (Lipinski definition) is 1. The molecule has 0 aromatic carbocycles. The highest BCUT2D eigenvalue weighted by Crippen LogP contribution is 2.07. The largest absolute Gasteiger partial charge is 0.134 e. The normalized spacial score (nSPS) is 9.80. The molecule has 0 heterocycles. The van der Waals surface area contributed by atoms with E-state index in [1.54, 1.807) is 17.8 Å². The Balaban J connectivity index is 0. The predicted molar refractivity (Wildman–Crippen MR) is 53.4 cm³/mol. The van der Waals surface area contributed by atoms with Crippen LogP contribution in [0.2, 0.25) is 0 Å². The highest BCUT2D eigenvalue weighted by Gasteiger charge is 1.75. The van der Waals surface area contributed by atoms with Gasteiger partial charge in [-0.1, -0.05) is 39.0 Å². The third kappa shape index (κ3) is 15.7. The summed E-state index contributed by atoms with van der Waals surface area (Å²) in [6.07, 6.45) is 7.09. The minimum absolute atomic E-state index is 1.25. The van der Waals surface area contributed by atoms with Crippen molar-refractivity contribution in [1.82, 2.24) is 0 Å². The molecule has 0 radical (unpaired) electrons. The van der Waals surface area contributed by atoms with Crippen LogP contribution >= 0.6 is 11.8 Å². The van der Waals surface area contributed by atoms with E-state index >= 15 is 0 Å². The van der Waals surface area contributed by atoms with Crippen molar-refractivity contribution in [2.24, 2.45) is 0 Å². The lowest BCUT2D eigenvalue weighted by molar-refractivity contribution is 1.09. The fraction of sp³-hybridized carbons (Fsp3) is 0.556. The summed E-state index contributed by atoms with van der Waals surface area (Å²) in [5.41, 5.74) is 0. The summed E-state index contributed by atoms with van der Waals surface area (Å²) < 4.78 is 0. The summed E-state index contributed by atoms with van der Waals surface area (Å²) in [5.74, 6) is 0. The lowest BCUT2D eigenvalue weighted by Crippen LogP contribution is -1.58. The Morgan fingerprint density at radius 2 is 1.90 bits per heavy atom. The zero-order valence-electron chi connectivity index (χ0n) is 7.48. The van der Waals surface area contributed by atoms with Crippen molar-refractivity contribution in [1.29, 1.82) is 0 Å². The average molecular weight is 158 g/mol. The lowest BCUT2D eigenvalue weighted by Gasteiger charge is -1.85. The van der Waals surface area contributed by atoms with Gasteiger partial charge in [-0.3, -0.25) is 0 Å². The van der Waals surface area contributed by atoms with E-state index in [1.807, 2.05) is 6.08 Å². The van der Waals surface area contributed by atoms with Crippen molar-refractivity contribution in [3.63, 3.8) is 0 Å². The molecule has 0 N–H and O–H groups in total. The van der Waals surface area contributed by atoms with Crippen LogP contribution in [-0.4, -0.2) is 6.26 Å². The summed E-state index contributed by atoms with van der Waals surface area (Å²) in [6.45, 7) is 9.87. The van der Waals surface area contributed by atoms with Gasteiger partial charge in [0.2, 0.25) is 0 Å². The predicted octanol–water partition coefficient (Wildman–Crippen LogP) is 3.86. The van der Waals surface area contributed by atoms with E-state index in [0.29, 0.717) is 0 Å². The molecule has 0 saturated heterocycles. The summed E-state index contributed by atoms with van der Waals surface area (Å²) >= 11 is 1.74. The first-order valence-electron chi connectivity index (χ1n) is 3.56. The van der Waals surface area contributed by atoms with Gasteiger partial charge in [0.25, 0.3) is 0 Å². The van der Waals surface area contributed by atoms with Gasteiger partial charge in [-0.2, -0.15) is 0 Å². The molecule has 10 heavy (non-hydrogen) atoms. The SMILES string of the molecule is C=C/C=C(/C)SC.CCC. The standard InChI is InChI=1S/C6H10S.C3H8/c1-4-5-6(2)7-3;1-3-2/h4-5H,1H2,2-3H3;3H2,1-2H3/b6-5-;. The minimum Gasteiger partial charge on any atom is -0.134 e. The van der Waals surface area contributed by atoms with Crippen LogP contribution in [0.25, 0.3) is 0 Å². The first-order valence-corrected chi connectivity index (χ1v) is 4.78. The number of rotatable bonds is 2. The average Bonchev–Trinajstić information content (AvgIpc) is 1.90. The van der Waals surface area contributed by atoms with E-state index in [-0.39, 0.29) is 0 Å². The molecule has 0 spiro atoms. The van der Waals surface area contributed by atoms with Gasteiger partial charge in [-0.25, -0.2) is 0 Å². The summed E-state index contributed by atoms with van der Waals surface area (Å²) in [7, 11) is 0. The van der Waals surface area contributed by atoms with Crippen LogP contribution < -0.4 is 0 Å². The first kappa shape index (κ1) is 12.5. The maximum Gasteiger partial charge on any atom is -0.0140 e. The highest BCUT2D eigenvalue weighted by molar-refractivity contribution is 8.02. The van der Waals surface area contributed by atoms with Crippen LogP contribution in [-0.2, 0) is 0 Å². The molecule has 0 aliphatic rings. The van der Waals surface area contributed by atoms with Crippen molar-refractivity contribution in [3.05, 3.63) is 23.6 Å². The second-order valence-corrected chi connectivity index (χ2v) is 2.98. The Kier molecular flexibility index (Phi) is 14.5. The van der Waals surface area contributed by atoms with Gasteiger partial charge in [0.15, 0.2) is 0 Å². The van der Waals surface area contributed by atoms with Crippen molar-refractivity contribution in [2.75, 3.05) is 6.26 Å². The van der Waals surface area contributed by atoms with Gasteiger partial charge < -0.3 is 0 Å². The maximum atomic E-state index is 3.56. The number of allylic oxidation sites excluding steroid dienone is 3. The van der Waals surface area contributed by atoms with E-state index in [9.17, 15) is 0 Å². The molecule has 0 unspecified atom stereocenters. The molecule has 0 aliphatic heterocycles. The topological polar surface area (TPSA) is 0 Å². The van der Waals surface area contributed by atoms with Crippen LogP contribution in [0.15, 0.2) is 23.6 Å². The Labute approximate surface area is 69.4 Å². The molecule has 0 aliphatic carbocycles. The molecule has 0 saturated carbocycles. The van der Waals surface area contributed by atoms with E-state index in [0.717, 1.165) is 0 Å². The second kappa shape index (κ2) is 11.6. The van der Waals surface area contributed by atoms with Gasteiger partial charge in [-0.15, -0.1) is 11.8 Å². The minimum atomic E-state index is 1.25. The molecule has 0 aromatic heterocycles. The van der Waals surface area contributed by atoms with Crippen molar-refractivity contribution in [3.8, 4) is 0 Å². The molecule has 0 fully saturated rings. The smallest absolute Gasteiger partial charge is 0.0140 e. The van der Waals surface area contributed by atoms with Gasteiger partial charge in [0, 0.05) is 0 Å². The first-order chi connectivity index (χ1) is 4.72. The molecular formula is C9H18S. The Morgan fingerprint density at radius 1 is 1.50 bits per heavy atom. The summed E-state index contributed by atoms with van der Waals surface area (Å²) in [6, 6.07) is 0. The van der Waals surface area contributed by atoms with Gasteiger partial charge >= 0.3 is 0 Å². The molecule has 1 heteroatoms. The van der Waals surface area contributed by atoms with Crippen molar-refractivity contribution < 1.29 is 0 Å². The van der Waals surface area contributed by atoms with Gasteiger partial charge in [0.05, 0.1) is 0 Å². The number of thioether (sulfide) groups is 1. The fourth-order valence-electron chi connectivity index (χ4n) is 0.234. The Morgan fingerprint density at radius 3 is 2.00 bits per heavy atom. The summed E-state index contributed by atoms with van der Waals surface area (Å²) in [4.78, 5) is 1.30. The third-order valence-corrected chi connectivity index (χ3v) is 1.45. The van der Waals surface area contributed by atoms with Gasteiger partial charge in [-0.05, 0) is 18.1 Å².